The van der Waals surface area contributed by atoms with Crippen LogP contribution in [0.4, 0.5) is 0 Å². The smallest absolute Gasteiger partial charge is 0.251 e. The number of hydrogen-bond acceptors (Lipinski definition) is 3. The average Bonchev–Trinajstić information content (AvgIpc) is 2.87. The maximum absolute atomic E-state index is 12.0. The number of hydrogen-bond donors (Lipinski definition) is 1. The molecule has 1 saturated carbocycles. The number of nitrogens with zero attached hydrogens (tertiary/aromatic N) is 2. The molecule has 19 heavy (non-hydrogen) atoms. The molecule has 1 aliphatic rings. The molecule has 0 aromatic rings. The number of aliphatic hydroxyl groups is 1. The molecule has 0 aromatic carbocycles. The Bertz CT molecular complexity index is 275. The number of aliphatic hydroxyl groups excluding tert-OH is 1. The van der Waals surface area contributed by atoms with E-state index < -0.39 is 6.10 Å². The zero-order valence-electron chi connectivity index (χ0n) is 12.9. The molecule has 0 spiro atoms. The van der Waals surface area contributed by atoms with Crippen LogP contribution in [0.5, 0.6) is 0 Å². The van der Waals surface area contributed by atoms with Crippen molar-refractivity contribution < 1.29 is 9.90 Å². The van der Waals surface area contributed by atoms with Crippen molar-refractivity contribution in [2.75, 3.05) is 27.2 Å². The lowest BCUT2D eigenvalue weighted by molar-refractivity contribution is -0.139. The third-order valence-electron chi connectivity index (χ3n) is 4.09. The summed E-state index contributed by atoms with van der Waals surface area (Å²) >= 11 is 0. The van der Waals surface area contributed by atoms with Crippen molar-refractivity contribution in [3.8, 4) is 0 Å². The molecule has 1 amide bonds. The van der Waals surface area contributed by atoms with Crippen LogP contribution in [0.15, 0.2) is 0 Å². The Kier molecular flexibility index (Phi) is 6.80. The lowest BCUT2D eigenvalue weighted by Gasteiger charge is -2.28. The number of likely N-dealkylation sites (N-methyl/N-ethyl adjacent to an activating group) is 2. The van der Waals surface area contributed by atoms with Gasteiger partial charge in [-0.1, -0.05) is 26.7 Å². The van der Waals surface area contributed by atoms with Crippen molar-refractivity contribution in [2.45, 2.75) is 58.1 Å². The normalized spacial score (nSPS) is 18.3. The van der Waals surface area contributed by atoms with Gasteiger partial charge in [0.05, 0.1) is 0 Å². The molecule has 1 unspecified atom stereocenters. The van der Waals surface area contributed by atoms with Crippen LogP contribution < -0.4 is 0 Å². The minimum absolute atomic E-state index is 0.145. The summed E-state index contributed by atoms with van der Waals surface area (Å²) in [6, 6.07) is 0.684. The van der Waals surface area contributed by atoms with Gasteiger partial charge in [0.2, 0.25) is 0 Å². The third-order valence-corrected chi connectivity index (χ3v) is 4.09. The van der Waals surface area contributed by atoms with Gasteiger partial charge in [-0.15, -0.1) is 0 Å². The molecule has 0 aliphatic heterocycles. The van der Waals surface area contributed by atoms with Gasteiger partial charge >= 0.3 is 0 Å². The van der Waals surface area contributed by atoms with Gasteiger partial charge in [0, 0.05) is 26.2 Å². The second-order valence-electron chi connectivity index (χ2n) is 6.32. The highest BCUT2D eigenvalue weighted by atomic mass is 16.3. The van der Waals surface area contributed by atoms with Gasteiger partial charge in [0.25, 0.3) is 5.91 Å². The van der Waals surface area contributed by atoms with Crippen LogP contribution in [0.2, 0.25) is 0 Å². The summed E-state index contributed by atoms with van der Waals surface area (Å²) in [7, 11) is 3.92. The van der Waals surface area contributed by atoms with E-state index in [4.69, 9.17) is 0 Å². The summed E-state index contributed by atoms with van der Waals surface area (Å²) in [6.07, 6.45) is 4.92. The maximum atomic E-state index is 12.0. The molecule has 0 bridgehead atoms. The Hall–Kier alpha value is -0.610. The van der Waals surface area contributed by atoms with Crippen LogP contribution in [-0.2, 0) is 4.79 Å². The zero-order chi connectivity index (χ0) is 14.4. The van der Waals surface area contributed by atoms with Crippen LogP contribution in [-0.4, -0.2) is 60.1 Å². The Morgan fingerprint density at radius 3 is 2.32 bits per heavy atom. The van der Waals surface area contributed by atoms with Crippen molar-refractivity contribution in [1.29, 1.82) is 0 Å². The van der Waals surface area contributed by atoms with E-state index in [1.165, 1.54) is 25.7 Å². The van der Waals surface area contributed by atoms with Crippen molar-refractivity contribution in [2.24, 2.45) is 5.92 Å². The Morgan fingerprint density at radius 2 is 1.79 bits per heavy atom. The highest BCUT2D eigenvalue weighted by molar-refractivity contribution is 5.80. The number of rotatable bonds is 7. The minimum atomic E-state index is -0.846. The van der Waals surface area contributed by atoms with E-state index in [0.717, 1.165) is 6.54 Å². The number of amides is 1. The van der Waals surface area contributed by atoms with E-state index >= 15 is 0 Å². The van der Waals surface area contributed by atoms with Gasteiger partial charge in [-0.25, -0.2) is 0 Å². The van der Waals surface area contributed by atoms with Gasteiger partial charge in [-0.3, -0.25) is 4.79 Å². The molecular weight excluding hydrogens is 240 g/mol. The van der Waals surface area contributed by atoms with Gasteiger partial charge in [0.15, 0.2) is 0 Å². The fourth-order valence-electron chi connectivity index (χ4n) is 2.75. The lowest BCUT2D eigenvalue weighted by atomic mass is 10.1. The first-order valence-electron chi connectivity index (χ1n) is 7.55. The second-order valence-corrected chi connectivity index (χ2v) is 6.32. The second kappa shape index (κ2) is 7.85. The molecule has 1 atom stereocenters. The highest BCUT2D eigenvalue weighted by Crippen LogP contribution is 2.22. The third kappa shape index (κ3) is 5.49. The molecule has 1 N–H and O–H groups in total. The molecule has 4 nitrogen and oxygen atoms in total. The predicted octanol–water partition coefficient (Wildman–Crippen LogP) is 1.73. The quantitative estimate of drug-likeness (QED) is 0.766. The summed E-state index contributed by atoms with van der Waals surface area (Å²) in [4.78, 5) is 16.0. The van der Waals surface area contributed by atoms with Gasteiger partial charge in [-0.05, 0) is 32.2 Å². The summed E-state index contributed by atoms with van der Waals surface area (Å²) in [5.74, 6) is 0.196. The maximum Gasteiger partial charge on any atom is 0.251 e. The number of carbonyl (C=O) groups excluding carboxylic acids is 1. The highest BCUT2D eigenvalue weighted by Gasteiger charge is 2.22. The van der Waals surface area contributed by atoms with E-state index in [0.29, 0.717) is 24.9 Å². The van der Waals surface area contributed by atoms with Crippen molar-refractivity contribution in [3.63, 3.8) is 0 Å². The summed E-state index contributed by atoms with van der Waals surface area (Å²) in [6.45, 7) is 5.62. The van der Waals surface area contributed by atoms with Crippen LogP contribution in [0.25, 0.3) is 0 Å². The summed E-state index contributed by atoms with van der Waals surface area (Å²) in [5, 5.41) is 9.83. The fraction of sp³-hybridized carbons (Fsp3) is 0.933. The first-order valence-corrected chi connectivity index (χ1v) is 7.55. The standard InChI is InChI=1S/C15H30N2O2/c1-12(2)11-14(18)15(19)17(4)10-9-16(3)13-7-5-6-8-13/h12-14,18H,5-11H2,1-4H3. The predicted molar refractivity (Wildman–Crippen MR) is 78.0 cm³/mol. The summed E-state index contributed by atoms with van der Waals surface area (Å²) < 4.78 is 0. The van der Waals surface area contributed by atoms with E-state index in [2.05, 4.69) is 11.9 Å². The van der Waals surface area contributed by atoms with Gasteiger partial charge in [-0.2, -0.15) is 0 Å². The molecule has 0 heterocycles. The molecule has 0 radical (unpaired) electrons. The lowest BCUT2D eigenvalue weighted by Crippen LogP contribution is -2.42. The molecule has 0 saturated heterocycles. The molecule has 1 fully saturated rings. The van der Waals surface area contributed by atoms with Crippen molar-refractivity contribution >= 4 is 5.91 Å². The first-order chi connectivity index (χ1) is 8.91. The average molecular weight is 270 g/mol. The van der Waals surface area contributed by atoms with Gasteiger partial charge in [0.1, 0.15) is 6.10 Å². The van der Waals surface area contributed by atoms with Crippen LogP contribution in [0.3, 0.4) is 0 Å². The Morgan fingerprint density at radius 1 is 1.21 bits per heavy atom. The van der Waals surface area contributed by atoms with E-state index in [1.807, 2.05) is 13.8 Å². The molecule has 0 aromatic heterocycles. The molecule has 4 heteroatoms. The monoisotopic (exact) mass is 270 g/mol. The Labute approximate surface area is 117 Å². The fourth-order valence-corrected chi connectivity index (χ4v) is 2.75. The zero-order valence-corrected chi connectivity index (χ0v) is 12.9. The SMILES string of the molecule is CC(C)CC(O)C(=O)N(C)CCN(C)C1CCCC1. The molecule has 1 aliphatic carbocycles. The van der Waals surface area contributed by atoms with E-state index in [-0.39, 0.29) is 5.91 Å². The molecule has 112 valence electrons. The molecule has 1 rings (SSSR count). The van der Waals surface area contributed by atoms with Crippen molar-refractivity contribution in [3.05, 3.63) is 0 Å². The van der Waals surface area contributed by atoms with Crippen LogP contribution in [0.1, 0.15) is 46.0 Å². The van der Waals surface area contributed by atoms with Crippen LogP contribution in [0, 0.1) is 5.92 Å². The number of carbonyl (C=O) groups is 1. The minimum Gasteiger partial charge on any atom is -0.383 e. The topological polar surface area (TPSA) is 43.8 Å². The van der Waals surface area contributed by atoms with Crippen LogP contribution >= 0.6 is 0 Å². The van der Waals surface area contributed by atoms with Gasteiger partial charge < -0.3 is 14.9 Å². The first kappa shape index (κ1) is 16.4. The van der Waals surface area contributed by atoms with Crippen molar-refractivity contribution in [1.82, 2.24) is 9.80 Å². The summed E-state index contributed by atoms with van der Waals surface area (Å²) in [5.41, 5.74) is 0. The van der Waals surface area contributed by atoms with E-state index in [9.17, 15) is 9.90 Å². The van der Waals surface area contributed by atoms with E-state index in [1.54, 1.807) is 11.9 Å². The molecular formula is C15H30N2O2. The largest absolute Gasteiger partial charge is 0.383 e. The Balaban J connectivity index is 2.29.